The lowest BCUT2D eigenvalue weighted by atomic mass is 10.0. The van der Waals surface area contributed by atoms with E-state index in [1.807, 2.05) is 47.2 Å². The smallest absolute Gasteiger partial charge is 0.271 e. The number of thiocarbonyl (C=S) groups is 1. The molecule has 164 valence electrons. The molecular weight excluding hydrogens is 426 g/mol. The Hall–Kier alpha value is -3.30. The highest BCUT2D eigenvalue weighted by molar-refractivity contribution is 7.80. The highest BCUT2D eigenvalue weighted by atomic mass is 32.1. The number of benzene rings is 1. The zero-order valence-electron chi connectivity index (χ0n) is 17.3. The standard InChI is InChI=1S/C23H23N5O3S/c29-28(30)17-7-3-6-16(14-17)26-12-4-10-20(26)22-21(19-9-1-2-11-24-19)25-23(32)27(22)15-18-8-5-13-31-18/h1-4,6-7,9-12,14,18,21-22H,5,8,13,15H2,(H,25,32)/t18-,21-,22-/m1/s1. The molecule has 3 atom stereocenters. The van der Waals surface area contributed by atoms with Crippen LogP contribution in [0, 0.1) is 10.1 Å². The van der Waals surface area contributed by atoms with E-state index < -0.39 is 0 Å². The van der Waals surface area contributed by atoms with Crippen LogP contribution in [0.2, 0.25) is 0 Å². The molecule has 2 saturated heterocycles. The van der Waals surface area contributed by atoms with Crippen LogP contribution in [0.15, 0.2) is 67.0 Å². The van der Waals surface area contributed by atoms with Gasteiger partial charge < -0.3 is 19.5 Å². The Morgan fingerprint density at radius 3 is 2.88 bits per heavy atom. The van der Waals surface area contributed by atoms with Crippen LogP contribution < -0.4 is 5.32 Å². The first-order chi connectivity index (χ1) is 15.6. The normalized spacial score (nSPS) is 22.8. The van der Waals surface area contributed by atoms with Gasteiger partial charge in [0.1, 0.15) is 0 Å². The third-order valence-corrected chi connectivity index (χ3v) is 6.38. The third-order valence-electron chi connectivity index (χ3n) is 6.02. The van der Waals surface area contributed by atoms with Gasteiger partial charge in [-0.25, -0.2) is 0 Å². The van der Waals surface area contributed by atoms with Gasteiger partial charge >= 0.3 is 0 Å². The Labute approximate surface area is 191 Å². The van der Waals surface area contributed by atoms with Gasteiger partial charge in [0.05, 0.1) is 34.5 Å². The molecule has 9 heteroatoms. The highest BCUT2D eigenvalue weighted by Gasteiger charge is 2.42. The first kappa shape index (κ1) is 20.6. The van der Waals surface area contributed by atoms with E-state index in [-0.39, 0.29) is 28.8 Å². The molecule has 0 bridgehead atoms. The second-order valence-electron chi connectivity index (χ2n) is 7.99. The maximum atomic E-state index is 11.3. The summed E-state index contributed by atoms with van der Waals surface area (Å²) < 4.78 is 7.89. The number of hydrogen-bond acceptors (Lipinski definition) is 5. The van der Waals surface area contributed by atoms with E-state index >= 15 is 0 Å². The molecular formula is C23H23N5O3S. The molecule has 0 aliphatic carbocycles. The molecule has 5 rings (SSSR count). The summed E-state index contributed by atoms with van der Waals surface area (Å²) in [6, 6.07) is 16.2. The Balaban J connectivity index is 1.57. The molecule has 1 aromatic carbocycles. The minimum Gasteiger partial charge on any atom is -0.376 e. The molecule has 32 heavy (non-hydrogen) atoms. The van der Waals surface area contributed by atoms with E-state index in [2.05, 4.69) is 15.2 Å². The molecule has 3 aromatic rings. The van der Waals surface area contributed by atoms with E-state index in [0.29, 0.717) is 11.7 Å². The van der Waals surface area contributed by atoms with Gasteiger partial charge in [-0.2, -0.15) is 0 Å². The SMILES string of the molecule is O=[N+]([O-])c1cccc(-n2cccc2[C@@H]2[C@@H](c3ccccn3)NC(=S)N2C[C@H]2CCCO2)c1. The van der Waals surface area contributed by atoms with Crippen molar-refractivity contribution in [1.29, 1.82) is 0 Å². The van der Waals surface area contributed by atoms with Crippen molar-refractivity contribution >= 4 is 23.0 Å². The zero-order chi connectivity index (χ0) is 22.1. The van der Waals surface area contributed by atoms with Crippen LogP contribution in [-0.2, 0) is 4.74 Å². The maximum absolute atomic E-state index is 11.3. The van der Waals surface area contributed by atoms with Gasteiger partial charge in [-0.1, -0.05) is 12.1 Å². The molecule has 0 unspecified atom stereocenters. The first-order valence-corrected chi connectivity index (χ1v) is 11.0. The fraction of sp³-hybridized carbons (Fsp3) is 0.304. The molecule has 2 aromatic heterocycles. The van der Waals surface area contributed by atoms with Gasteiger partial charge in [0.2, 0.25) is 0 Å². The number of hydrogen-bond donors (Lipinski definition) is 1. The lowest BCUT2D eigenvalue weighted by Gasteiger charge is -2.30. The Kier molecular flexibility index (Phi) is 5.59. The molecule has 0 amide bonds. The number of nitro benzene ring substituents is 1. The molecule has 4 heterocycles. The molecule has 0 radical (unpaired) electrons. The Morgan fingerprint density at radius 1 is 1.22 bits per heavy atom. The second kappa shape index (κ2) is 8.68. The molecule has 8 nitrogen and oxygen atoms in total. The summed E-state index contributed by atoms with van der Waals surface area (Å²) in [5, 5.41) is 15.4. The van der Waals surface area contributed by atoms with Crippen molar-refractivity contribution in [3.63, 3.8) is 0 Å². The molecule has 2 fully saturated rings. The third kappa shape index (κ3) is 3.85. The molecule has 0 spiro atoms. The van der Waals surface area contributed by atoms with Crippen molar-refractivity contribution in [3.8, 4) is 5.69 Å². The van der Waals surface area contributed by atoms with Crippen LogP contribution in [-0.4, -0.2) is 43.7 Å². The number of pyridine rings is 1. The molecule has 2 aliphatic rings. The highest BCUT2D eigenvalue weighted by Crippen LogP contribution is 2.40. The fourth-order valence-corrected chi connectivity index (χ4v) is 4.87. The van der Waals surface area contributed by atoms with Crippen LogP contribution in [0.1, 0.15) is 36.3 Å². The van der Waals surface area contributed by atoms with E-state index in [4.69, 9.17) is 17.0 Å². The van der Waals surface area contributed by atoms with Gasteiger partial charge in [-0.15, -0.1) is 0 Å². The van der Waals surface area contributed by atoms with Gasteiger partial charge in [-0.3, -0.25) is 15.1 Å². The van der Waals surface area contributed by atoms with Gasteiger partial charge in [0, 0.05) is 43.4 Å². The van der Waals surface area contributed by atoms with Gasteiger partial charge in [0.25, 0.3) is 5.69 Å². The average molecular weight is 450 g/mol. The van der Waals surface area contributed by atoms with E-state index in [1.165, 1.54) is 6.07 Å². The second-order valence-corrected chi connectivity index (χ2v) is 8.38. The van der Waals surface area contributed by atoms with Gasteiger partial charge in [-0.05, 0) is 55.4 Å². The van der Waals surface area contributed by atoms with Crippen molar-refractivity contribution in [2.24, 2.45) is 0 Å². The van der Waals surface area contributed by atoms with Crippen LogP contribution >= 0.6 is 12.2 Å². The number of non-ortho nitro benzene ring substituents is 1. The molecule has 2 aliphatic heterocycles. The van der Waals surface area contributed by atoms with Crippen molar-refractivity contribution in [2.75, 3.05) is 13.2 Å². The lowest BCUT2D eigenvalue weighted by Crippen LogP contribution is -2.36. The van der Waals surface area contributed by atoms with Crippen LogP contribution in [0.3, 0.4) is 0 Å². The predicted octanol–water partition coefficient (Wildman–Crippen LogP) is 3.93. The largest absolute Gasteiger partial charge is 0.376 e. The molecule has 1 N–H and O–H groups in total. The lowest BCUT2D eigenvalue weighted by molar-refractivity contribution is -0.384. The summed E-state index contributed by atoms with van der Waals surface area (Å²) >= 11 is 5.75. The summed E-state index contributed by atoms with van der Waals surface area (Å²) in [6.07, 6.45) is 5.89. The van der Waals surface area contributed by atoms with E-state index in [0.717, 1.165) is 36.5 Å². The number of nitrogens with one attached hydrogen (secondary N) is 1. The quantitative estimate of drug-likeness (QED) is 0.347. The maximum Gasteiger partial charge on any atom is 0.271 e. The van der Waals surface area contributed by atoms with Crippen LogP contribution in [0.25, 0.3) is 5.69 Å². The van der Waals surface area contributed by atoms with Crippen LogP contribution in [0.5, 0.6) is 0 Å². The Morgan fingerprint density at radius 2 is 2.12 bits per heavy atom. The molecule has 0 saturated carbocycles. The number of nitro groups is 1. The topological polar surface area (TPSA) is 85.5 Å². The first-order valence-electron chi connectivity index (χ1n) is 10.6. The minimum atomic E-state index is -0.376. The number of ether oxygens (including phenoxy) is 1. The Bertz CT molecular complexity index is 1130. The number of rotatable bonds is 6. The van der Waals surface area contributed by atoms with Crippen molar-refractivity contribution < 1.29 is 9.66 Å². The summed E-state index contributed by atoms with van der Waals surface area (Å²) in [7, 11) is 0. The van der Waals surface area contributed by atoms with Gasteiger partial charge in [0.15, 0.2) is 5.11 Å². The number of aromatic nitrogens is 2. The summed E-state index contributed by atoms with van der Waals surface area (Å²) in [6.45, 7) is 1.46. The average Bonchev–Trinajstić information content (AvgIpc) is 3.56. The predicted molar refractivity (Wildman–Crippen MR) is 124 cm³/mol. The zero-order valence-corrected chi connectivity index (χ0v) is 18.1. The van der Waals surface area contributed by atoms with E-state index in [9.17, 15) is 10.1 Å². The van der Waals surface area contributed by atoms with Crippen molar-refractivity contribution in [3.05, 3.63) is 88.5 Å². The minimum absolute atomic E-state index is 0.0553. The van der Waals surface area contributed by atoms with E-state index in [1.54, 1.807) is 18.3 Å². The summed E-state index contributed by atoms with van der Waals surface area (Å²) in [5.41, 5.74) is 2.65. The summed E-state index contributed by atoms with van der Waals surface area (Å²) in [5.74, 6) is 0. The fourth-order valence-electron chi connectivity index (χ4n) is 4.56. The summed E-state index contributed by atoms with van der Waals surface area (Å²) in [4.78, 5) is 17.7. The van der Waals surface area contributed by atoms with Crippen LogP contribution in [0.4, 0.5) is 5.69 Å². The van der Waals surface area contributed by atoms with Crippen molar-refractivity contribution in [1.82, 2.24) is 19.8 Å². The van der Waals surface area contributed by atoms with Crippen molar-refractivity contribution in [2.45, 2.75) is 31.0 Å². The monoisotopic (exact) mass is 449 g/mol. The number of nitrogens with zero attached hydrogens (tertiary/aromatic N) is 4.